The van der Waals surface area contributed by atoms with E-state index in [9.17, 15) is 4.79 Å². The Hall–Kier alpha value is -3.22. The minimum Gasteiger partial charge on any atom is -0.486 e. The monoisotopic (exact) mass is 436 g/mol. The van der Waals surface area contributed by atoms with Gasteiger partial charge in [0.15, 0.2) is 11.5 Å². The summed E-state index contributed by atoms with van der Waals surface area (Å²) >= 11 is 0. The molecule has 0 saturated heterocycles. The Balaban J connectivity index is 0.000000186. The topological polar surface area (TPSA) is 79.5 Å². The summed E-state index contributed by atoms with van der Waals surface area (Å²) in [5.74, 6) is 3.20. The molecule has 1 fully saturated rings. The number of fused-ring (bicyclic) bond motifs is 2. The van der Waals surface area contributed by atoms with E-state index in [-0.39, 0.29) is 6.04 Å². The van der Waals surface area contributed by atoms with Gasteiger partial charge in [-0.3, -0.25) is 4.79 Å². The lowest BCUT2D eigenvalue weighted by molar-refractivity contribution is -0.110. The van der Waals surface area contributed by atoms with Gasteiger partial charge in [0, 0.05) is 31.7 Å². The lowest BCUT2D eigenvalue weighted by Gasteiger charge is -2.27. The van der Waals surface area contributed by atoms with Crippen molar-refractivity contribution in [3.63, 3.8) is 0 Å². The molecule has 1 aliphatic carbocycles. The van der Waals surface area contributed by atoms with Crippen molar-refractivity contribution < 1.29 is 14.3 Å². The number of ether oxygens (including phenoxy) is 2. The van der Waals surface area contributed by atoms with Crippen LogP contribution in [0.4, 0.5) is 5.69 Å². The second kappa shape index (κ2) is 9.94. The quantitative estimate of drug-likeness (QED) is 0.600. The molecule has 0 radical (unpaired) electrons. The smallest absolute Gasteiger partial charge is 0.207 e. The number of carbonyl (C=O) groups excluding carboxylic acids is 1. The van der Waals surface area contributed by atoms with E-state index in [4.69, 9.17) is 14.5 Å². The summed E-state index contributed by atoms with van der Waals surface area (Å²) in [6.45, 7) is 3.37. The zero-order chi connectivity index (χ0) is 22.5. The van der Waals surface area contributed by atoms with Crippen LogP contribution >= 0.6 is 0 Å². The predicted molar refractivity (Wildman–Crippen MR) is 127 cm³/mol. The molecule has 1 aliphatic heterocycles. The van der Waals surface area contributed by atoms with Crippen molar-refractivity contribution in [2.75, 3.05) is 32.2 Å². The van der Waals surface area contributed by atoms with Crippen LogP contribution in [-0.4, -0.2) is 49.7 Å². The van der Waals surface area contributed by atoms with E-state index in [0.29, 0.717) is 19.1 Å². The van der Waals surface area contributed by atoms with Gasteiger partial charge in [-0.2, -0.15) is 0 Å². The van der Waals surface area contributed by atoms with Gasteiger partial charge in [0.05, 0.1) is 11.0 Å². The van der Waals surface area contributed by atoms with Crippen molar-refractivity contribution in [3.05, 3.63) is 47.8 Å². The number of hydrogen-bond donors (Lipinski definition) is 2. The van der Waals surface area contributed by atoms with E-state index in [2.05, 4.69) is 33.4 Å². The number of amides is 1. The number of benzene rings is 2. The second-order valence-electron chi connectivity index (χ2n) is 8.71. The Morgan fingerprint density at radius 3 is 2.69 bits per heavy atom. The van der Waals surface area contributed by atoms with E-state index in [0.717, 1.165) is 60.5 Å². The van der Waals surface area contributed by atoms with Crippen LogP contribution in [0.2, 0.25) is 0 Å². The molecular weight excluding hydrogens is 404 g/mol. The van der Waals surface area contributed by atoms with Gasteiger partial charge in [-0.25, -0.2) is 4.98 Å². The van der Waals surface area contributed by atoms with Crippen LogP contribution in [0.5, 0.6) is 11.5 Å². The maximum Gasteiger partial charge on any atom is 0.207 e. The van der Waals surface area contributed by atoms with Gasteiger partial charge in [-0.05, 0) is 62.1 Å². The molecule has 7 nitrogen and oxygen atoms in total. The van der Waals surface area contributed by atoms with Gasteiger partial charge in [0.1, 0.15) is 19.0 Å². The maximum absolute atomic E-state index is 10.6. The molecule has 0 spiro atoms. The fourth-order valence-electron chi connectivity index (χ4n) is 4.33. The van der Waals surface area contributed by atoms with E-state index in [1.54, 1.807) is 0 Å². The fraction of sp³-hybridized carbons (Fsp3) is 0.440. The average molecular weight is 437 g/mol. The first-order valence-corrected chi connectivity index (χ1v) is 11.3. The first kappa shape index (κ1) is 22.0. The maximum atomic E-state index is 10.6. The van der Waals surface area contributed by atoms with Crippen molar-refractivity contribution in [2.24, 2.45) is 0 Å². The number of aryl methyl sites for hydroxylation is 1. The molecule has 2 aromatic carbocycles. The van der Waals surface area contributed by atoms with Gasteiger partial charge < -0.3 is 24.7 Å². The standard InChI is InChI=1S/C16H22N4O.C9H10O2/c1-20(2)13-6-7-14-15(9-13)19-16(18-14)11-4-3-5-12(8-11)17-10-21;1-7-2-3-8-9(6-7)11-5-4-10-8/h6-7,9-12H,3-5,8H2,1-2H3,(H,17,21)(H,18,19);2-3,6H,4-5H2,1H3. The number of anilines is 1. The van der Waals surface area contributed by atoms with Crippen LogP contribution < -0.4 is 19.7 Å². The number of rotatable bonds is 4. The molecule has 2 N–H and O–H groups in total. The number of nitrogens with one attached hydrogen (secondary N) is 2. The molecule has 5 rings (SSSR count). The first-order valence-electron chi connectivity index (χ1n) is 11.3. The molecule has 1 aromatic heterocycles. The molecule has 2 atom stereocenters. The van der Waals surface area contributed by atoms with Crippen LogP contribution in [-0.2, 0) is 4.79 Å². The summed E-state index contributed by atoms with van der Waals surface area (Å²) in [5.41, 5.74) is 4.47. The highest BCUT2D eigenvalue weighted by atomic mass is 16.6. The zero-order valence-corrected chi connectivity index (χ0v) is 19.1. The second-order valence-corrected chi connectivity index (χ2v) is 8.71. The van der Waals surface area contributed by atoms with Crippen molar-refractivity contribution in [1.29, 1.82) is 0 Å². The summed E-state index contributed by atoms with van der Waals surface area (Å²) < 4.78 is 10.7. The van der Waals surface area contributed by atoms with Gasteiger partial charge in [-0.15, -0.1) is 0 Å². The highest BCUT2D eigenvalue weighted by Crippen LogP contribution is 2.33. The van der Waals surface area contributed by atoms with Crippen LogP contribution in [0.15, 0.2) is 36.4 Å². The Labute approximate surface area is 189 Å². The summed E-state index contributed by atoms with van der Waals surface area (Å²) in [6, 6.07) is 12.5. The Kier molecular flexibility index (Phi) is 6.83. The molecule has 1 saturated carbocycles. The van der Waals surface area contributed by atoms with Crippen molar-refractivity contribution in [1.82, 2.24) is 15.3 Å². The molecule has 2 unspecified atom stereocenters. The normalized spacial score (nSPS) is 19.6. The van der Waals surface area contributed by atoms with E-state index >= 15 is 0 Å². The molecule has 2 aliphatic rings. The summed E-state index contributed by atoms with van der Waals surface area (Å²) in [5, 5.41) is 2.91. The molecule has 2 heterocycles. The highest BCUT2D eigenvalue weighted by Gasteiger charge is 2.25. The van der Waals surface area contributed by atoms with E-state index < -0.39 is 0 Å². The van der Waals surface area contributed by atoms with Crippen LogP contribution in [0.1, 0.15) is 43.0 Å². The van der Waals surface area contributed by atoms with E-state index in [1.165, 1.54) is 11.3 Å². The van der Waals surface area contributed by atoms with Gasteiger partial charge >= 0.3 is 0 Å². The molecule has 1 amide bonds. The first-order chi connectivity index (χ1) is 15.5. The molecule has 32 heavy (non-hydrogen) atoms. The lowest BCUT2D eigenvalue weighted by Crippen LogP contribution is -2.32. The molecule has 170 valence electrons. The minimum atomic E-state index is 0.284. The average Bonchev–Trinajstić information content (AvgIpc) is 3.23. The van der Waals surface area contributed by atoms with Gasteiger partial charge in [0.2, 0.25) is 6.41 Å². The molecular formula is C25H32N4O3. The molecule has 0 bridgehead atoms. The highest BCUT2D eigenvalue weighted by molar-refractivity contribution is 5.79. The van der Waals surface area contributed by atoms with E-state index in [1.807, 2.05) is 39.2 Å². The number of hydrogen-bond acceptors (Lipinski definition) is 5. The van der Waals surface area contributed by atoms with Crippen molar-refractivity contribution >= 4 is 23.1 Å². The summed E-state index contributed by atoms with van der Waals surface area (Å²) in [6.07, 6.45) is 5.13. The number of imidazole rings is 1. The van der Waals surface area contributed by atoms with Crippen molar-refractivity contribution in [3.8, 4) is 11.5 Å². The van der Waals surface area contributed by atoms with Crippen LogP contribution in [0.25, 0.3) is 11.0 Å². The predicted octanol–water partition coefficient (Wildman–Crippen LogP) is 4.17. The third-order valence-electron chi connectivity index (χ3n) is 6.06. The molecule has 7 heteroatoms. The van der Waals surface area contributed by atoms with Gasteiger partial charge in [0.25, 0.3) is 0 Å². The zero-order valence-electron chi connectivity index (χ0n) is 19.1. The summed E-state index contributed by atoms with van der Waals surface area (Å²) in [7, 11) is 4.07. The molecule has 3 aromatic rings. The third kappa shape index (κ3) is 5.15. The van der Waals surface area contributed by atoms with Crippen LogP contribution in [0.3, 0.4) is 0 Å². The Bertz CT molecular complexity index is 1060. The Morgan fingerprint density at radius 2 is 1.91 bits per heavy atom. The number of aromatic nitrogens is 2. The number of nitrogens with zero attached hydrogens (tertiary/aromatic N) is 2. The number of H-pyrrole nitrogens is 1. The lowest BCUT2D eigenvalue weighted by atomic mass is 9.85. The SMILES string of the molecule is CN(C)c1ccc2nc(C3CCCC(NC=O)C3)[nH]c2c1.Cc1ccc2c(c1)OCCO2. The van der Waals surface area contributed by atoms with Gasteiger partial charge in [-0.1, -0.05) is 12.5 Å². The number of carbonyl (C=O) groups is 1. The minimum absolute atomic E-state index is 0.284. The number of aromatic amines is 1. The third-order valence-corrected chi connectivity index (χ3v) is 6.06. The Morgan fingerprint density at radius 1 is 1.09 bits per heavy atom. The van der Waals surface area contributed by atoms with Crippen molar-refractivity contribution in [2.45, 2.75) is 44.6 Å². The van der Waals surface area contributed by atoms with Crippen LogP contribution in [0, 0.1) is 6.92 Å². The largest absolute Gasteiger partial charge is 0.486 e. The fourth-order valence-corrected chi connectivity index (χ4v) is 4.33. The summed E-state index contributed by atoms with van der Waals surface area (Å²) in [4.78, 5) is 20.9.